The Morgan fingerprint density at radius 3 is 1.30 bits per heavy atom. The van der Waals surface area contributed by atoms with Crippen LogP contribution < -0.4 is 0 Å². The second kappa shape index (κ2) is 20.2. The van der Waals surface area contributed by atoms with Crippen molar-refractivity contribution in [2.75, 3.05) is 13.2 Å². The minimum absolute atomic E-state index is 0.154. The van der Waals surface area contributed by atoms with E-state index in [0.717, 1.165) is 25.7 Å². The number of hydrogen-bond donors (Lipinski definition) is 2. The van der Waals surface area contributed by atoms with Gasteiger partial charge in [0.1, 0.15) is 0 Å². The number of carbonyl (C=O) groups excluding carboxylic acids is 1. The molecule has 0 aliphatic rings. The van der Waals surface area contributed by atoms with Crippen molar-refractivity contribution in [3.63, 3.8) is 0 Å². The Morgan fingerprint density at radius 2 is 0.963 bits per heavy atom. The summed E-state index contributed by atoms with van der Waals surface area (Å²) in [5.41, 5.74) is 0. The van der Waals surface area contributed by atoms with Crippen LogP contribution in [0, 0.1) is 0 Å². The molecule has 0 aromatic rings. The van der Waals surface area contributed by atoms with E-state index >= 15 is 0 Å². The third-order valence-corrected chi connectivity index (χ3v) is 5.26. The molecule has 0 aliphatic carbocycles. The summed E-state index contributed by atoms with van der Waals surface area (Å²) < 4.78 is 14.9. The number of aliphatic imine (C=N–C) groups is 1. The fourth-order valence-electron chi connectivity index (χ4n) is 3.17. The second-order valence-corrected chi connectivity index (χ2v) is 8.55. The topological polar surface area (TPSA) is 96.2 Å². The van der Waals surface area contributed by atoms with Gasteiger partial charge in [-0.15, -0.1) is 0 Å². The summed E-state index contributed by atoms with van der Waals surface area (Å²) in [6, 6.07) is 0. The quantitative estimate of drug-likeness (QED) is 0.105. The molecule has 0 bridgehead atoms. The lowest BCUT2D eigenvalue weighted by Crippen LogP contribution is -1.92. The molecule has 0 fully saturated rings. The first kappa shape index (κ1) is 26.5. The van der Waals surface area contributed by atoms with Crippen LogP contribution in [0.2, 0.25) is 0 Å². The van der Waals surface area contributed by atoms with Gasteiger partial charge in [-0.1, -0.05) is 96.3 Å². The van der Waals surface area contributed by atoms with Crippen molar-refractivity contribution >= 4 is 13.9 Å². The maximum absolute atomic E-state index is 10.5. The summed E-state index contributed by atoms with van der Waals surface area (Å²) in [7, 11) is -4.27. The van der Waals surface area contributed by atoms with Crippen molar-refractivity contribution in [3.05, 3.63) is 0 Å². The van der Waals surface area contributed by atoms with Crippen molar-refractivity contribution in [2.24, 2.45) is 4.99 Å². The maximum atomic E-state index is 10.5. The molecule has 0 atom stereocenters. The number of nitrogens with zero attached hydrogens (tertiary/aromatic N) is 1. The molecule has 0 amide bonds. The Kier molecular flexibility index (Phi) is 19.8. The van der Waals surface area contributed by atoms with Crippen LogP contribution >= 0.6 is 7.82 Å². The average Bonchev–Trinajstić information content (AvgIpc) is 2.62. The lowest BCUT2D eigenvalue weighted by Gasteiger charge is -2.05. The van der Waals surface area contributed by atoms with E-state index in [4.69, 9.17) is 9.79 Å². The summed E-state index contributed by atoms with van der Waals surface area (Å²) >= 11 is 0. The van der Waals surface area contributed by atoms with Crippen LogP contribution in [0.15, 0.2) is 4.99 Å². The number of phosphoric ester groups is 1. The Bertz CT molecular complexity index is 407. The average molecular weight is 406 g/mol. The molecule has 0 aliphatic heterocycles. The van der Waals surface area contributed by atoms with Crippen molar-refractivity contribution in [1.29, 1.82) is 0 Å². The second-order valence-electron chi connectivity index (χ2n) is 7.31. The number of phosphoric acid groups is 1. The molecule has 0 aromatic carbocycles. The van der Waals surface area contributed by atoms with E-state index in [9.17, 15) is 9.36 Å². The first-order valence-corrected chi connectivity index (χ1v) is 12.3. The van der Waals surface area contributed by atoms with Gasteiger partial charge in [0.15, 0.2) is 0 Å². The van der Waals surface area contributed by atoms with Crippen LogP contribution in [0.25, 0.3) is 0 Å². The summed E-state index contributed by atoms with van der Waals surface area (Å²) in [5, 5.41) is 0. The molecule has 0 radical (unpaired) electrons. The highest BCUT2D eigenvalue weighted by molar-refractivity contribution is 7.46. The molecule has 0 rings (SSSR count). The molecular formula is C20H40NO5P. The van der Waals surface area contributed by atoms with Crippen LogP contribution in [0.3, 0.4) is 0 Å². The number of unbranched alkanes of at least 4 members (excludes halogenated alkanes) is 16. The Morgan fingerprint density at radius 1 is 0.630 bits per heavy atom. The third-order valence-electron chi connectivity index (χ3n) is 4.74. The minimum Gasteiger partial charge on any atom is -0.303 e. The van der Waals surface area contributed by atoms with Gasteiger partial charge in [0.25, 0.3) is 0 Å². The lowest BCUT2D eigenvalue weighted by molar-refractivity contribution is 0.193. The van der Waals surface area contributed by atoms with Crippen LogP contribution in [-0.2, 0) is 13.9 Å². The molecule has 7 heteroatoms. The van der Waals surface area contributed by atoms with E-state index in [-0.39, 0.29) is 6.61 Å². The highest BCUT2D eigenvalue weighted by Crippen LogP contribution is 2.35. The molecule has 160 valence electrons. The molecule has 2 N–H and O–H groups in total. The molecular weight excluding hydrogens is 365 g/mol. The lowest BCUT2D eigenvalue weighted by atomic mass is 10.0. The Labute approximate surface area is 165 Å². The van der Waals surface area contributed by atoms with E-state index in [0.29, 0.717) is 6.54 Å². The number of isocyanates is 1. The highest BCUT2D eigenvalue weighted by atomic mass is 31.2. The predicted molar refractivity (Wildman–Crippen MR) is 109 cm³/mol. The summed E-state index contributed by atoms with van der Waals surface area (Å²) in [6.45, 7) is 0.790. The predicted octanol–water partition coefficient (Wildman–Crippen LogP) is 6.06. The van der Waals surface area contributed by atoms with Crippen LogP contribution in [-0.4, -0.2) is 29.0 Å². The van der Waals surface area contributed by atoms with E-state index in [2.05, 4.69) is 9.52 Å². The smallest absolute Gasteiger partial charge is 0.303 e. The van der Waals surface area contributed by atoms with Gasteiger partial charge in [-0.25, -0.2) is 14.4 Å². The Balaban J connectivity index is 3.05. The van der Waals surface area contributed by atoms with Crippen LogP contribution in [0.1, 0.15) is 109 Å². The molecule has 0 heterocycles. The number of rotatable bonds is 21. The summed E-state index contributed by atoms with van der Waals surface area (Å²) in [6.07, 6.45) is 22.3. The van der Waals surface area contributed by atoms with E-state index in [1.54, 1.807) is 6.08 Å². The molecule has 0 aromatic heterocycles. The van der Waals surface area contributed by atoms with Gasteiger partial charge in [0, 0.05) is 0 Å². The minimum atomic E-state index is -4.27. The monoisotopic (exact) mass is 405 g/mol. The van der Waals surface area contributed by atoms with Crippen molar-refractivity contribution in [2.45, 2.75) is 109 Å². The highest BCUT2D eigenvalue weighted by Gasteiger charge is 2.12. The van der Waals surface area contributed by atoms with Crippen molar-refractivity contribution in [1.82, 2.24) is 0 Å². The van der Waals surface area contributed by atoms with Gasteiger partial charge in [-0.2, -0.15) is 0 Å². The largest absolute Gasteiger partial charge is 0.469 e. The molecule has 0 unspecified atom stereocenters. The summed E-state index contributed by atoms with van der Waals surface area (Å²) in [4.78, 5) is 30.6. The Hall–Kier alpha value is -0.510. The molecule has 0 spiro atoms. The van der Waals surface area contributed by atoms with Crippen molar-refractivity contribution in [3.8, 4) is 0 Å². The fraction of sp³-hybridized carbons (Fsp3) is 0.950. The maximum Gasteiger partial charge on any atom is 0.469 e. The zero-order valence-electron chi connectivity index (χ0n) is 16.9. The van der Waals surface area contributed by atoms with Gasteiger partial charge in [-0.3, -0.25) is 4.52 Å². The normalized spacial score (nSPS) is 11.5. The standard InChI is InChI=1S/C20H40NO5P/c22-20-21-18-16-14-12-10-8-6-4-2-1-3-5-7-9-11-13-15-17-19-26-27(23,24)25/h1-19H2,(H2,23,24,25). The van der Waals surface area contributed by atoms with Crippen LogP contribution in [0.5, 0.6) is 0 Å². The van der Waals surface area contributed by atoms with Crippen LogP contribution in [0.4, 0.5) is 0 Å². The van der Waals surface area contributed by atoms with E-state index in [1.807, 2.05) is 0 Å². The zero-order chi connectivity index (χ0) is 20.1. The fourth-order valence-corrected chi connectivity index (χ4v) is 3.54. The first-order chi connectivity index (χ1) is 13.1. The molecule has 0 saturated heterocycles. The van der Waals surface area contributed by atoms with Gasteiger partial charge in [-0.05, 0) is 12.8 Å². The van der Waals surface area contributed by atoms with Gasteiger partial charge in [0.2, 0.25) is 6.08 Å². The molecule has 0 saturated carbocycles. The molecule has 6 nitrogen and oxygen atoms in total. The summed E-state index contributed by atoms with van der Waals surface area (Å²) in [5.74, 6) is 0. The van der Waals surface area contributed by atoms with Gasteiger partial charge < -0.3 is 9.79 Å². The molecule has 27 heavy (non-hydrogen) atoms. The number of hydrogen-bond acceptors (Lipinski definition) is 4. The van der Waals surface area contributed by atoms with E-state index in [1.165, 1.54) is 83.5 Å². The van der Waals surface area contributed by atoms with Gasteiger partial charge >= 0.3 is 7.82 Å². The van der Waals surface area contributed by atoms with Crippen molar-refractivity contribution < 1.29 is 23.7 Å². The zero-order valence-corrected chi connectivity index (χ0v) is 17.8. The first-order valence-electron chi connectivity index (χ1n) is 10.8. The third kappa shape index (κ3) is 25.5. The SMILES string of the molecule is O=C=NCCCCCCCCCCCCCCCCCCCOP(=O)(O)O. The van der Waals surface area contributed by atoms with E-state index < -0.39 is 7.82 Å². The van der Waals surface area contributed by atoms with Gasteiger partial charge in [0.05, 0.1) is 13.2 Å².